The van der Waals surface area contributed by atoms with E-state index in [2.05, 4.69) is 4.99 Å². The number of amides is 1. The zero-order chi connectivity index (χ0) is 13.8. The Morgan fingerprint density at radius 2 is 2.16 bits per heavy atom. The molecule has 0 unspecified atom stereocenters. The maximum atomic E-state index is 12.2. The molecule has 100 valence electrons. The van der Waals surface area contributed by atoms with Crippen LogP contribution in [0.3, 0.4) is 0 Å². The number of amidine groups is 1. The summed E-state index contributed by atoms with van der Waals surface area (Å²) < 4.78 is 0. The molecular weight excluding hydrogens is 264 g/mol. The third-order valence-electron chi connectivity index (χ3n) is 2.88. The quantitative estimate of drug-likeness (QED) is 0.680. The van der Waals surface area contributed by atoms with Crippen molar-refractivity contribution in [3.05, 3.63) is 35.5 Å². The number of nitrogens with zero attached hydrogens (tertiary/aromatic N) is 2. The van der Waals surface area contributed by atoms with Crippen molar-refractivity contribution in [1.29, 1.82) is 0 Å². The van der Waals surface area contributed by atoms with E-state index in [1.807, 2.05) is 0 Å². The van der Waals surface area contributed by atoms with Gasteiger partial charge in [-0.25, -0.2) is 4.99 Å². The first-order valence-electron chi connectivity index (χ1n) is 6.06. The minimum absolute atomic E-state index is 0.134. The fourth-order valence-corrected chi connectivity index (χ4v) is 2.02. The fourth-order valence-electron chi connectivity index (χ4n) is 1.90. The number of phenols is 1. The fraction of sp³-hybridized carbons (Fsp3) is 0.286. The van der Waals surface area contributed by atoms with E-state index in [1.54, 1.807) is 42.2 Å². The summed E-state index contributed by atoms with van der Waals surface area (Å²) in [5.74, 6) is 1.16. The lowest BCUT2D eigenvalue weighted by atomic mass is 10.1. The molecule has 1 aromatic rings. The van der Waals surface area contributed by atoms with Gasteiger partial charge >= 0.3 is 0 Å². The van der Waals surface area contributed by atoms with Gasteiger partial charge in [-0.05, 0) is 25.5 Å². The topological polar surface area (TPSA) is 52.9 Å². The first-order valence-corrected chi connectivity index (χ1v) is 6.59. The van der Waals surface area contributed by atoms with Crippen molar-refractivity contribution in [2.75, 3.05) is 12.4 Å². The van der Waals surface area contributed by atoms with E-state index in [-0.39, 0.29) is 11.7 Å². The largest absolute Gasteiger partial charge is 0.507 e. The Morgan fingerprint density at radius 1 is 1.42 bits per heavy atom. The maximum Gasteiger partial charge on any atom is 0.277 e. The predicted octanol–water partition coefficient (Wildman–Crippen LogP) is 2.62. The molecule has 0 aliphatic carbocycles. The van der Waals surface area contributed by atoms with Gasteiger partial charge < -0.3 is 5.11 Å². The number of hydrogen-bond acceptors (Lipinski definition) is 3. The summed E-state index contributed by atoms with van der Waals surface area (Å²) in [4.78, 5) is 18.0. The van der Waals surface area contributed by atoms with Crippen molar-refractivity contribution in [3.63, 3.8) is 0 Å². The van der Waals surface area contributed by atoms with Crippen LogP contribution in [0.4, 0.5) is 0 Å². The molecule has 0 atom stereocenters. The molecule has 1 N–H and O–H groups in total. The number of carbonyl (C=O) groups excluding carboxylic acids is 1. The molecule has 0 radical (unpaired) electrons. The molecule has 0 saturated carbocycles. The van der Waals surface area contributed by atoms with Crippen LogP contribution in [-0.4, -0.2) is 34.2 Å². The highest BCUT2D eigenvalue weighted by Gasteiger charge is 2.26. The summed E-state index contributed by atoms with van der Waals surface area (Å²) in [6.07, 6.45) is 2.33. The molecule has 0 spiro atoms. The number of hydrogen-bond donors (Lipinski definition) is 1. The van der Waals surface area contributed by atoms with Crippen molar-refractivity contribution >= 4 is 29.4 Å². The average Bonchev–Trinajstić information content (AvgIpc) is 2.65. The zero-order valence-electron chi connectivity index (χ0n) is 10.6. The van der Waals surface area contributed by atoms with Crippen LogP contribution in [0.25, 0.3) is 6.08 Å². The van der Waals surface area contributed by atoms with Crippen LogP contribution in [0.5, 0.6) is 5.75 Å². The van der Waals surface area contributed by atoms with Crippen molar-refractivity contribution in [1.82, 2.24) is 4.90 Å². The van der Waals surface area contributed by atoms with Crippen molar-refractivity contribution in [2.24, 2.45) is 4.99 Å². The van der Waals surface area contributed by atoms with Gasteiger partial charge in [-0.15, -0.1) is 11.6 Å². The second-order valence-electron chi connectivity index (χ2n) is 4.25. The first-order chi connectivity index (χ1) is 9.13. The molecule has 19 heavy (non-hydrogen) atoms. The van der Waals surface area contributed by atoms with Crippen LogP contribution in [0.2, 0.25) is 0 Å². The minimum Gasteiger partial charge on any atom is -0.507 e. The van der Waals surface area contributed by atoms with Gasteiger partial charge in [-0.1, -0.05) is 18.2 Å². The van der Waals surface area contributed by atoms with E-state index in [4.69, 9.17) is 11.6 Å². The van der Waals surface area contributed by atoms with E-state index in [9.17, 15) is 9.90 Å². The van der Waals surface area contributed by atoms with Gasteiger partial charge in [0.2, 0.25) is 0 Å². The van der Waals surface area contributed by atoms with Gasteiger partial charge in [0.15, 0.2) is 0 Å². The molecule has 1 aliphatic rings. The van der Waals surface area contributed by atoms with Gasteiger partial charge in [-0.3, -0.25) is 9.69 Å². The lowest BCUT2D eigenvalue weighted by molar-refractivity contribution is -0.122. The molecule has 1 amide bonds. The molecule has 0 fully saturated rings. The summed E-state index contributed by atoms with van der Waals surface area (Å²) in [6.45, 7) is 2.35. The lowest BCUT2D eigenvalue weighted by Gasteiger charge is -2.14. The van der Waals surface area contributed by atoms with Crippen LogP contribution in [-0.2, 0) is 4.79 Å². The molecule has 1 heterocycles. The average molecular weight is 279 g/mol. The molecule has 2 rings (SSSR count). The van der Waals surface area contributed by atoms with Crippen LogP contribution in [0.15, 0.2) is 35.0 Å². The lowest BCUT2D eigenvalue weighted by Crippen LogP contribution is -2.31. The molecule has 1 aliphatic heterocycles. The molecule has 1 aromatic carbocycles. The van der Waals surface area contributed by atoms with Crippen LogP contribution < -0.4 is 0 Å². The number of para-hydroxylation sites is 1. The van der Waals surface area contributed by atoms with Crippen molar-refractivity contribution in [2.45, 2.75) is 13.3 Å². The summed E-state index contributed by atoms with van der Waals surface area (Å²) in [5, 5.41) is 9.69. The predicted molar refractivity (Wildman–Crippen MR) is 76.2 cm³/mol. The number of aliphatic imine (C=N–C) groups is 1. The Kier molecular flexibility index (Phi) is 4.22. The summed E-state index contributed by atoms with van der Waals surface area (Å²) in [6, 6.07) is 6.85. The van der Waals surface area contributed by atoms with Crippen molar-refractivity contribution < 1.29 is 9.90 Å². The van der Waals surface area contributed by atoms with Crippen LogP contribution in [0, 0.1) is 0 Å². The highest BCUT2D eigenvalue weighted by atomic mass is 35.5. The summed E-state index contributed by atoms with van der Waals surface area (Å²) in [7, 11) is 0. The van der Waals surface area contributed by atoms with Gasteiger partial charge in [0.25, 0.3) is 5.91 Å². The second kappa shape index (κ2) is 5.89. The third kappa shape index (κ3) is 2.96. The highest BCUT2D eigenvalue weighted by molar-refractivity contribution is 6.18. The van der Waals surface area contributed by atoms with E-state index in [1.165, 1.54) is 0 Å². The van der Waals surface area contributed by atoms with Crippen LogP contribution >= 0.6 is 11.6 Å². The monoisotopic (exact) mass is 278 g/mol. The molecular formula is C14H15ClN2O2. The number of alkyl halides is 1. The highest BCUT2D eigenvalue weighted by Crippen LogP contribution is 2.23. The van der Waals surface area contributed by atoms with E-state index >= 15 is 0 Å². The second-order valence-corrected chi connectivity index (χ2v) is 4.62. The number of aromatic hydroxyl groups is 1. The SMILES string of the molecule is CC1=N/C(=C\c2ccccc2O)C(=O)N1CCCCl. The molecule has 4 nitrogen and oxygen atoms in total. The normalized spacial score (nSPS) is 17.2. The first kappa shape index (κ1) is 13.6. The summed E-state index contributed by atoms with van der Waals surface area (Å²) in [5.41, 5.74) is 0.926. The van der Waals surface area contributed by atoms with Gasteiger partial charge in [-0.2, -0.15) is 0 Å². The van der Waals surface area contributed by atoms with E-state index < -0.39 is 0 Å². The molecule has 5 heteroatoms. The Bertz CT molecular complexity index is 552. The number of phenolic OH excluding ortho intramolecular Hbond substituents is 1. The van der Waals surface area contributed by atoms with Crippen molar-refractivity contribution in [3.8, 4) is 5.75 Å². The molecule has 0 bridgehead atoms. The standard InChI is InChI=1S/C14H15ClN2O2/c1-10-16-12(14(19)17(10)8-4-7-15)9-11-5-2-3-6-13(11)18/h2-3,5-6,9,18H,4,7-8H2,1H3/b12-9-. The summed E-state index contributed by atoms with van der Waals surface area (Å²) >= 11 is 5.64. The minimum atomic E-state index is -0.147. The maximum absolute atomic E-state index is 12.2. The third-order valence-corrected chi connectivity index (χ3v) is 3.15. The molecule has 0 aromatic heterocycles. The molecule has 0 saturated heterocycles. The number of benzene rings is 1. The number of rotatable bonds is 4. The number of halogens is 1. The smallest absolute Gasteiger partial charge is 0.277 e. The zero-order valence-corrected chi connectivity index (χ0v) is 11.4. The number of carbonyl (C=O) groups is 1. The Labute approximate surface area is 117 Å². The van der Waals surface area contributed by atoms with Gasteiger partial charge in [0.05, 0.1) is 0 Å². The Morgan fingerprint density at radius 3 is 2.84 bits per heavy atom. The van der Waals surface area contributed by atoms with E-state index in [0.717, 1.165) is 6.42 Å². The van der Waals surface area contributed by atoms with E-state index in [0.29, 0.717) is 29.5 Å². The van der Waals surface area contributed by atoms with Gasteiger partial charge in [0.1, 0.15) is 17.3 Å². The Balaban J connectivity index is 2.24. The van der Waals surface area contributed by atoms with Gasteiger partial charge in [0, 0.05) is 18.0 Å². The van der Waals surface area contributed by atoms with Crippen LogP contribution in [0.1, 0.15) is 18.9 Å². The Hall–Kier alpha value is -1.81.